The van der Waals surface area contributed by atoms with Crippen molar-refractivity contribution >= 4 is 24.3 Å². The summed E-state index contributed by atoms with van der Waals surface area (Å²) in [5.41, 5.74) is 0. The average molecular weight is 347 g/mol. The van der Waals surface area contributed by atoms with Crippen molar-refractivity contribution in [3.63, 3.8) is 0 Å². The maximum Gasteiger partial charge on any atom is 0.393 e. The summed E-state index contributed by atoms with van der Waals surface area (Å²) in [5, 5.41) is 8.96. The monoisotopic (exact) mass is 346 g/mol. The van der Waals surface area contributed by atoms with E-state index in [0.29, 0.717) is 0 Å². The van der Waals surface area contributed by atoms with E-state index in [2.05, 4.69) is 0 Å². The molecule has 3 atom stereocenters. The van der Waals surface area contributed by atoms with Gasteiger partial charge in [0.15, 0.2) is 0 Å². The lowest BCUT2D eigenvalue weighted by Gasteiger charge is -2.30. The summed E-state index contributed by atoms with van der Waals surface area (Å²) >= 11 is 0. The number of carbonyl (C=O) groups is 2. The highest BCUT2D eigenvalue weighted by atomic mass is 35.5. The molecule has 9 heteroatoms. The van der Waals surface area contributed by atoms with Crippen LogP contribution in [0.2, 0.25) is 0 Å². The largest absolute Gasteiger partial charge is 0.481 e. The number of alkyl halides is 3. The van der Waals surface area contributed by atoms with Crippen LogP contribution < -0.4 is 0 Å². The molecule has 1 heterocycles. The van der Waals surface area contributed by atoms with Gasteiger partial charge in [-0.25, -0.2) is 0 Å². The zero-order chi connectivity index (χ0) is 16.5. The summed E-state index contributed by atoms with van der Waals surface area (Å²) in [6.07, 6.45) is -4.58. The molecule has 22 heavy (non-hydrogen) atoms. The van der Waals surface area contributed by atoms with Crippen LogP contribution in [0.4, 0.5) is 13.2 Å². The fraction of sp³-hybridized carbons (Fsp3) is 0.846. The summed E-state index contributed by atoms with van der Waals surface area (Å²) in [7, 11) is 1.58. The first kappa shape index (κ1) is 21.0. The van der Waals surface area contributed by atoms with E-state index in [1.165, 1.54) is 16.7 Å². The molecule has 0 aromatic rings. The number of likely N-dealkylation sites (tertiary alicyclic amines) is 1. The predicted molar refractivity (Wildman–Crippen MR) is 76.9 cm³/mol. The second-order valence-electron chi connectivity index (χ2n) is 5.77. The number of hydrogen-bond donors (Lipinski definition) is 1. The molecule has 0 aromatic heterocycles. The Bertz CT molecular complexity index is 418. The molecule has 1 aliphatic heterocycles. The first-order valence-electron chi connectivity index (χ1n) is 6.77. The van der Waals surface area contributed by atoms with E-state index in [-0.39, 0.29) is 30.9 Å². The number of aliphatic carboxylic acids is 1. The van der Waals surface area contributed by atoms with Crippen LogP contribution in [0.15, 0.2) is 0 Å². The zero-order valence-corrected chi connectivity index (χ0v) is 13.7. The first-order valence-corrected chi connectivity index (χ1v) is 6.77. The number of carbonyl (C=O) groups excluding carboxylic acids is 1. The van der Waals surface area contributed by atoms with Crippen LogP contribution in [-0.4, -0.2) is 65.2 Å². The van der Waals surface area contributed by atoms with Gasteiger partial charge in [-0.05, 0) is 20.8 Å². The molecule has 0 spiro atoms. The summed E-state index contributed by atoms with van der Waals surface area (Å²) in [4.78, 5) is 25.9. The lowest BCUT2D eigenvalue weighted by Crippen LogP contribution is -2.47. The molecule has 130 valence electrons. The number of nitrogens with zero attached hydrogens (tertiary/aromatic N) is 2. The van der Waals surface area contributed by atoms with E-state index >= 15 is 0 Å². The third kappa shape index (κ3) is 4.49. The van der Waals surface area contributed by atoms with Crippen molar-refractivity contribution in [1.29, 1.82) is 0 Å². The zero-order valence-electron chi connectivity index (χ0n) is 12.9. The van der Waals surface area contributed by atoms with Crippen molar-refractivity contribution in [3.8, 4) is 0 Å². The Hall–Kier alpha value is -1.02. The number of halogens is 4. The number of rotatable bonds is 4. The molecular weight excluding hydrogens is 325 g/mol. The molecule has 5 nitrogen and oxygen atoms in total. The number of amides is 1. The smallest absolute Gasteiger partial charge is 0.393 e. The van der Waals surface area contributed by atoms with Crippen LogP contribution in [0.3, 0.4) is 0 Å². The van der Waals surface area contributed by atoms with Gasteiger partial charge in [0.1, 0.15) is 0 Å². The maximum absolute atomic E-state index is 12.9. The summed E-state index contributed by atoms with van der Waals surface area (Å²) in [6.45, 7) is 4.39. The second kappa shape index (κ2) is 7.50. The van der Waals surface area contributed by atoms with Crippen LogP contribution in [0.5, 0.6) is 0 Å². The Morgan fingerprint density at radius 1 is 1.23 bits per heavy atom. The van der Waals surface area contributed by atoms with E-state index < -0.39 is 36.6 Å². The van der Waals surface area contributed by atoms with Gasteiger partial charge in [-0.2, -0.15) is 13.2 Å². The Balaban J connectivity index is 0.00000441. The summed E-state index contributed by atoms with van der Waals surface area (Å²) < 4.78 is 38.7. The molecule has 1 aliphatic rings. The van der Waals surface area contributed by atoms with Crippen LogP contribution in [0, 0.1) is 11.8 Å². The number of carboxylic acids is 1. The minimum absolute atomic E-state index is 0. The quantitative estimate of drug-likeness (QED) is 0.844. The Morgan fingerprint density at radius 2 is 1.73 bits per heavy atom. The molecule has 0 aromatic carbocycles. The topological polar surface area (TPSA) is 60.9 Å². The van der Waals surface area contributed by atoms with Gasteiger partial charge in [0.2, 0.25) is 5.91 Å². The summed E-state index contributed by atoms with van der Waals surface area (Å²) in [6, 6.07) is -0.845. The first-order chi connectivity index (χ1) is 9.46. The van der Waals surface area contributed by atoms with E-state index in [4.69, 9.17) is 5.11 Å². The van der Waals surface area contributed by atoms with Gasteiger partial charge in [0.05, 0.1) is 17.9 Å². The van der Waals surface area contributed by atoms with Gasteiger partial charge in [-0.3, -0.25) is 14.5 Å². The molecule has 1 amide bonds. The van der Waals surface area contributed by atoms with Gasteiger partial charge in [0, 0.05) is 26.2 Å². The maximum atomic E-state index is 12.9. The van der Waals surface area contributed by atoms with Gasteiger partial charge in [-0.1, -0.05) is 0 Å². The second-order valence-corrected chi connectivity index (χ2v) is 5.77. The lowest BCUT2D eigenvalue weighted by atomic mass is 9.96. The lowest BCUT2D eigenvalue weighted by molar-refractivity contribution is -0.188. The molecule has 0 bridgehead atoms. The number of carboxylic acid groups (broad SMARTS) is 1. The molecule has 0 aliphatic carbocycles. The van der Waals surface area contributed by atoms with Crippen molar-refractivity contribution in [2.24, 2.45) is 11.8 Å². The van der Waals surface area contributed by atoms with Crippen molar-refractivity contribution in [3.05, 3.63) is 0 Å². The Kier molecular flexibility index (Phi) is 7.15. The summed E-state index contributed by atoms with van der Waals surface area (Å²) in [5.74, 6) is -5.24. The minimum atomic E-state index is -4.58. The average Bonchev–Trinajstić information content (AvgIpc) is 2.80. The molecular formula is C13H22ClF3N2O3. The molecule has 1 unspecified atom stereocenters. The molecule has 0 radical (unpaired) electrons. The number of likely N-dealkylation sites (N-methyl/N-ethyl adjacent to an activating group) is 1. The van der Waals surface area contributed by atoms with Crippen LogP contribution in [0.1, 0.15) is 20.8 Å². The Morgan fingerprint density at radius 3 is 2.05 bits per heavy atom. The molecule has 1 saturated heterocycles. The van der Waals surface area contributed by atoms with Crippen LogP contribution >= 0.6 is 12.4 Å². The van der Waals surface area contributed by atoms with Crippen molar-refractivity contribution in [1.82, 2.24) is 9.80 Å². The molecule has 0 saturated carbocycles. The van der Waals surface area contributed by atoms with Crippen molar-refractivity contribution in [2.75, 3.05) is 20.1 Å². The Labute approximate surface area is 133 Å². The van der Waals surface area contributed by atoms with Gasteiger partial charge < -0.3 is 10.0 Å². The highest BCUT2D eigenvalue weighted by molar-refractivity contribution is 5.85. The van der Waals surface area contributed by atoms with E-state index in [9.17, 15) is 22.8 Å². The standard InChI is InChI=1S/C13H21F3N2O3.ClH/c1-7(2)17(4)11(19)8(3)18-5-9(12(20)21)10(6-18)13(14,15)16;/h7-10H,5-6H2,1-4H3,(H,20,21);1H/t8?,9-,10-;/m1./s1. The number of hydrogen-bond acceptors (Lipinski definition) is 3. The fourth-order valence-electron chi connectivity index (χ4n) is 2.44. The highest BCUT2D eigenvalue weighted by Crippen LogP contribution is 2.38. The van der Waals surface area contributed by atoms with E-state index in [1.807, 2.05) is 0 Å². The fourth-order valence-corrected chi connectivity index (χ4v) is 2.44. The molecule has 1 rings (SSSR count). The van der Waals surface area contributed by atoms with Crippen LogP contribution in [-0.2, 0) is 9.59 Å². The van der Waals surface area contributed by atoms with Gasteiger partial charge in [0.25, 0.3) is 0 Å². The van der Waals surface area contributed by atoms with Gasteiger partial charge >= 0.3 is 12.1 Å². The third-order valence-corrected chi connectivity index (χ3v) is 4.11. The van der Waals surface area contributed by atoms with Crippen LogP contribution in [0.25, 0.3) is 0 Å². The van der Waals surface area contributed by atoms with E-state index in [1.54, 1.807) is 20.9 Å². The third-order valence-electron chi connectivity index (χ3n) is 4.11. The van der Waals surface area contributed by atoms with Crippen molar-refractivity contribution < 1.29 is 27.9 Å². The molecule has 1 N–H and O–H groups in total. The normalized spacial score (nSPS) is 24.0. The van der Waals surface area contributed by atoms with Gasteiger partial charge in [-0.15, -0.1) is 12.4 Å². The molecule has 1 fully saturated rings. The van der Waals surface area contributed by atoms with Crippen molar-refractivity contribution in [2.45, 2.75) is 39.0 Å². The minimum Gasteiger partial charge on any atom is -0.481 e. The van der Waals surface area contributed by atoms with E-state index in [0.717, 1.165) is 0 Å². The highest BCUT2D eigenvalue weighted by Gasteiger charge is 2.53. The SMILES string of the molecule is CC(C(=O)N(C)C(C)C)N1C[C@@H](C(F)(F)F)[C@H](C(=O)O)C1.Cl. The predicted octanol–water partition coefficient (Wildman–Crippen LogP) is 1.86.